The van der Waals surface area contributed by atoms with Crippen LogP contribution in [-0.4, -0.2) is 0 Å². The zero-order chi connectivity index (χ0) is 19.2. The van der Waals surface area contributed by atoms with Crippen LogP contribution in [0.2, 0.25) is 0 Å². The van der Waals surface area contributed by atoms with Crippen molar-refractivity contribution in [2.45, 2.75) is 71.6 Å². The summed E-state index contributed by atoms with van der Waals surface area (Å²) in [6.45, 7) is 4.34. The molecule has 0 N–H and O–H groups in total. The SMILES string of the molecule is CCCC1CCC(CCc2ccc(-c3ccc(CC)cc3)c(F)c2F)CC1. The molecule has 0 bridgehead atoms. The van der Waals surface area contributed by atoms with Crippen LogP contribution in [0.1, 0.15) is 69.9 Å². The van der Waals surface area contributed by atoms with Crippen molar-refractivity contribution in [3.8, 4) is 11.1 Å². The van der Waals surface area contributed by atoms with E-state index in [1.54, 1.807) is 12.1 Å². The first-order valence-electron chi connectivity index (χ1n) is 10.7. The van der Waals surface area contributed by atoms with Crippen LogP contribution in [0.3, 0.4) is 0 Å². The highest BCUT2D eigenvalue weighted by atomic mass is 19.2. The lowest BCUT2D eigenvalue weighted by molar-refractivity contribution is 0.251. The summed E-state index contributed by atoms with van der Waals surface area (Å²) in [5.41, 5.74) is 2.82. The second kappa shape index (κ2) is 9.48. The van der Waals surface area contributed by atoms with Gasteiger partial charge in [0.2, 0.25) is 0 Å². The van der Waals surface area contributed by atoms with Crippen molar-refractivity contribution in [3.05, 3.63) is 59.2 Å². The van der Waals surface area contributed by atoms with Crippen LogP contribution in [-0.2, 0) is 12.8 Å². The van der Waals surface area contributed by atoms with Gasteiger partial charge in [0, 0.05) is 5.56 Å². The molecule has 1 saturated carbocycles. The van der Waals surface area contributed by atoms with E-state index in [9.17, 15) is 8.78 Å². The van der Waals surface area contributed by atoms with Crippen molar-refractivity contribution in [3.63, 3.8) is 0 Å². The molecular weight excluding hydrogens is 338 g/mol. The molecular formula is C25H32F2. The maximum atomic E-state index is 14.7. The average molecular weight is 371 g/mol. The lowest BCUT2D eigenvalue weighted by atomic mass is 9.78. The highest BCUT2D eigenvalue weighted by Crippen LogP contribution is 2.34. The first kappa shape index (κ1) is 20.0. The highest BCUT2D eigenvalue weighted by Gasteiger charge is 2.21. The van der Waals surface area contributed by atoms with E-state index in [2.05, 4.69) is 13.8 Å². The number of hydrogen-bond acceptors (Lipinski definition) is 0. The summed E-state index contributed by atoms with van der Waals surface area (Å²) in [5, 5.41) is 0. The Kier molecular flexibility index (Phi) is 7.04. The van der Waals surface area contributed by atoms with Crippen LogP contribution in [0.4, 0.5) is 8.78 Å². The monoisotopic (exact) mass is 370 g/mol. The molecule has 1 aliphatic rings. The minimum Gasteiger partial charge on any atom is -0.203 e. The van der Waals surface area contributed by atoms with Gasteiger partial charge in [0.1, 0.15) is 0 Å². The fourth-order valence-corrected chi connectivity index (χ4v) is 4.50. The van der Waals surface area contributed by atoms with Gasteiger partial charge in [-0.15, -0.1) is 0 Å². The molecule has 2 aromatic rings. The molecule has 0 radical (unpaired) electrons. The third-order valence-electron chi connectivity index (χ3n) is 6.32. The molecule has 0 amide bonds. The third kappa shape index (κ3) is 4.97. The van der Waals surface area contributed by atoms with Gasteiger partial charge in [-0.05, 0) is 47.8 Å². The Bertz CT molecular complexity index is 725. The Morgan fingerprint density at radius 3 is 2.00 bits per heavy atom. The predicted octanol–water partition coefficient (Wildman–Crippen LogP) is 7.73. The van der Waals surface area contributed by atoms with E-state index in [1.165, 1.54) is 44.1 Å². The summed E-state index contributed by atoms with van der Waals surface area (Å²) in [7, 11) is 0. The molecule has 0 heterocycles. The summed E-state index contributed by atoms with van der Waals surface area (Å²) < 4.78 is 29.3. The molecule has 0 aliphatic heterocycles. The van der Waals surface area contributed by atoms with Gasteiger partial charge >= 0.3 is 0 Å². The average Bonchev–Trinajstić information content (AvgIpc) is 2.71. The molecule has 0 spiro atoms. The molecule has 146 valence electrons. The van der Waals surface area contributed by atoms with Crippen LogP contribution in [0.25, 0.3) is 11.1 Å². The van der Waals surface area contributed by atoms with Gasteiger partial charge in [0.25, 0.3) is 0 Å². The third-order valence-corrected chi connectivity index (χ3v) is 6.32. The molecule has 0 saturated heterocycles. The van der Waals surface area contributed by atoms with Gasteiger partial charge in [-0.1, -0.05) is 88.8 Å². The van der Waals surface area contributed by atoms with Gasteiger partial charge in [-0.2, -0.15) is 0 Å². The molecule has 0 aromatic heterocycles. The summed E-state index contributed by atoms with van der Waals surface area (Å²) in [6.07, 6.45) is 10.3. The van der Waals surface area contributed by atoms with Gasteiger partial charge in [-0.25, -0.2) is 8.78 Å². The smallest absolute Gasteiger partial charge is 0.166 e. The quantitative estimate of drug-likeness (QED) is 0.468. The fraction of sp³-hybridized carbons (Fsp3) is 0.520. The molecule has 2 aromatic carbocycles. The molecule has 0 atom stereocenters. The van der Waals surface area contributed by atoms with Crippen molar-refractivity contribution in [2.24, 2.45) is 11.8 Å². The molecule has 0 unspecified atom stereocenters. The molecule has 3 rings (SSSR count). The maximum Gasteiger partial charge on any atom is 0.166 e. The molecule has 27 heavy (non-hydrogen) atoms. The van der Waals surface area contributed by atoms with Crippen molar-refractivity contribution in [2.75, 3.05) is 0 Å². The molecule has 2 heteroatoms. The van der Waals surface area contributed by atoms with Crippen LogP contribution in [0.15, 0.2) is 36.4 Å². The van der Waals surface area contributed by atoms with Crippen LogP contribution >= 0.6 is 0 Å². The first-order chi connectivity index (χ1) is 13.1. The maximum absolute atomic E-state index is 14.7. The summed E-state index contributed by atoms with van der Waals surface area (Å²) in [4.78, 5) is 0. The Balaban J connectivity index is 1.63. The Morgan fingerprint density at radius 2 is 1.41 bits per heavy atom. The Labute approximate surface area is 163 Å². The van der Waals surface area contributed by atoms with Crippen molar-refractivity contribution in [1.29, 1.82) is 0 Å². The summed E-state index contributed by atoms with van der Waals surface area (Å²) in [5.74, 6) is 0.191. The zero-order valence-corrected chi connectivity index (χ0v) is 16.7. The van der Waals surface area contributed by atoms with Crippen LogP contribution < -0.4 is 0 Å². The molecule has 0 nitrogen and oxygen atoms in total. The minimum absolute atomic E-state index is 0.360. The van der Waals surface area contributed by atoms with Crippen LogP contribution in [0, 0.1) is 23.5 Å². The summed E-state index contributed by atoms with van der Waals surface area (Å²) >= 11 is 0. The number of halogens is 2. The van der Waals surface area contributed by atoms with E-state index >= 15 is 0 Å². The van der Waals surface area contributed by atoms with Gasteiger partial charge in [0.05, 0.1) is 0 Å². The Hall–Kier alpha value is -1.70. The first-order valence-corrected chi connectivity index (χ1v) is 10.7. The highest BCUT2D eigenvalue weighted by molar-refractivity contribution is 5.65. The lowest BCUT2D eigenvalue weighted by Gasteiger charge is -2.28. The zero-order valence-electron chi connectivity index (χ0n) is 16.7. The Morgan fingerprint density at radius 1 is 0.778 bits per heavy atom. The van der Waals surface area contributed by atoms with Crippen LogP contribution in [0.5, 0.6) is 0 Å². The van der Waals surface area contributed by atoms with Crippen molar-refractivity contribution < 1.29 is 8.78 Å². The molecule has 1 fully saturated rings. The number of hydrogen-bond donors (Lipinski definition) is 0. The standard InChI is InChI=1S/C25H32F2/c1-3-5-19-6-8-20(9-7-19)12-15-22-16-17-23(25(27)24(22)26)21-13-10-18(4-2)11-14-21/h10-11,13-14,16-17,19-20H,3-9,12,15H2,1-2H3. The van der Waals surface area contributed by atoms with E-state index in [-0.39, 0.29) is 0 Å². The van der Waals surface area contributed by atoms with Gasteiger partial charge in [0.15, 0.2) is 11.6 Å². The molecule has 1 aliphatic carbocycles. The van der Waals surface area contributed by atoms with E-state index in [4.69, 9.17) is 0 Å². The van der Waals surface area contributed by atoms with Gasteiger partial charge in [-0.3, -0.25) is 0 Å². The van der Waals surface area contributed by atoms with E-state index in [1.807, 2.05) is 24.3 Å². The lowest BCUT2D eigenvalue weighted by Crippen LogP contribution is -2.15. The normalized spacial score (nSPS) is 20.0. The van der Waals surface area contributed by atoms with Gasteiger partial charge < -0.3 is 0 Å². The second-order valence-electron chi connectivity index (χ2n) is 8.16. The second-order valence-corrected chi connectivity index (χ2v) is 8.16. The predicted molar refractivity (Wildman–Crippen MR) is 110 cm³/mol. The topological polar surface area (TPSA) is 0 Å². The van der Waals surface area contributed by atoms with E-state index < -0.39 is 11.6 Å². The number of rotatable bonds is 7. The number of benzene rings is 2. The van der Waals surface area contributed by atoms with E-state index in [0.717, 1.165) is 24.3 Å². The largest absolute Gasteiger partial charge is 0.203 e. The van der Waals surface area contributed by atoms with Crippen molar-refractivity contribution in [1.82, 2.24) is 0 Å². The fourth-order valence-electron chi connectivity index (χ4n) is 4.50. The van der Waals surface area contributed by atoms with Crippen molar-refractivity contribution >= 4 is 0 Å². The summed E-state index contributed by atoms with van der Waals surface area (Å²) in [6, 6.07) is 11.2. The minimum atomic E-state index is -0.705. The number of aryl methyl sites for hydroxylation is 2. The van der Waals surface area contributed by atoms with E-state index in [0.29, 0.717) is 23.5 Å².